The normalized spacial score (nSPS) is 18.9. The van der Waals surface area contributed by atoms with Gasteiger partial charge in [0.15, 0.2) is 11.5 Å². The van der Waals surface area contributed by atoms with Crippen LogP contribution >= 0.6 is 0 Å². The Bertz CT molecular complexity index is 556. The highest BCUT2D eigenvalue weighted by molar-refractivity contribution is 5.79. The maximum atomic E-state index is 12.4. The molecule has 2 aliphatic rings. The molecule has 0 bridgehead atoms. The molecule has 2 heterocycles. The van der Waals surface area contributed by atoms with Gasteiger partial charge in [-0.15, -0.1) is 0 Å². The van der Waals surface area contributed by atoms with Gasteiger partial charge in [0.25, 0.3) is 0 Å². The summed E-state index contributed by atoms with van der Waals surface area (Å²) in [4.78, 5) is 14.8. The molecular formula is C19H28N2O3. The second-order valence-electron chi connectivity index (χ2n) is 6.69. The summed E-state index contributed by atoms with van der Waals surface area (Å²) >= 11 is 0. The van der Waals surface area contributed by atoms with Crippen LogP contribution in [0.4, 0.5) is 0 Å². The van der Waals surface area contributed by atoms with Crippen molar-refractivity contribution in [3.63, 3.8) is 0 Å². The average Bonchev–Trinajstić information content (AvgIpc) is 2.97. The monoisotopic (exact) mass is 332 g/mol. The quantitative estimate of drug-likeness (QED) is 0.869. The molecule has 1 aromatic rings. The zero-order valence-electron chi connectivity index (χ0n) is 14.6. The van der Waals surface area contributed by atoms with Crippen molar-refractivity contribution in [2.24, 2.45) is 0 Å². The van der Waals surface area contributed by atoms with Gasteiger partial charge in [0.2, 0.25) is 5.91 Å². The predicted octanol–water partition coefficient (Wildman–Crippen LogP) is 2.38. The minimum atomic E-state index is 0.0792. The molecule has 0 aromatic heterocycles. The second-order valence-corrected chi connectivity index (χ2v) is 6.69. The maximum absolute atomic E-state index is 12.4. The summed E-state index contributed by atoms with van der Waals surface area (Å²) in [6.45, 7) is 6.76. The van der Waals surface area contributed by atoms with E-state index in [0.717, 1.165) is 49.5 Å². The molecule has 5 heteroatoms. The van der Waals surface area contributed by atoms with Crippen LogP contribution in [-0.2, 0) is 11.2 Å². The summed E-state index contributed by atoms with van der Waals surface area (Å²) in [5, 5.41) is 3.18. The van der Waals surface area contributed by atoms with E-state index in [1.54, 1.807) is 0 Å². The number of carbonyl (C=O) groups is 1. The van der Waals surface area contributed by atoms with E-state index in [1.807, 2.05) is 18.2 Å². The average molecular weight is 332 g/mol. The number of rotatable bonds is 6. The predicted molar refractivity (Wildman–Crippen MR) is 93.6 cm³/mol. The van der Waals surface area contributed by atoms with Gasteiger partial charge in [0.05, 0.1) is 19.6 Å². The fourth-order valence-electron chi connectivity index (χ4n) is 3.34. The van der Waals surface area contributed by atoms with Crippen molar-refractivity contribution in [3.8, 4) is 11.5 Å². The molecule has 0 spiro atoms. The Kier molecular flexibility index (Phi) is 5.96. The summed E-state index contributed by atoms with van der Waals surface area (Å²) in [6.07, 6.45) is 4.79. The van der Waals surface area contributed by atoms with Crippen LogP contribution in [0.3, 0.4) is 0 Å². The number of likely N-dealkylation sites (tertiary alicyclic amines) is 1. The molecule has 1 atom stereocenters. The molecule has 132 valence electrons. The van der Waals surface area contributed by atoms with E-state index in [4.69, 9.17) is 9.47 Å². The molecule has 5 nitrogen and oxygen atoms in total. The third kappa shape index (κ3) is 4.63. The van der Waals surface area contributed by atoms with E-state index in [-0.39, 0.29) is 11.9 Å². The van der Waals surface area contributed by atoms with Crippen molar-refractivity contribution in [2.45, 2.75) is 45.1 Å². The van der Waals surface area contributed by atoms with E-state index in [9.17, 15) is 4.79 Å². The highest BCUT2D eigenvalue weighted by Gasteiger charge is 2.18. The summed E-state index contributed by atoms with van der Waals surface area (Å²) in [5.74, 6) is 1.61. The first-order chi connectivity index (χ1) is 11.7. The van der Waals surface area contributed by atoms with E-state index < -0.39 is 0 Å². The molecule has 0 radical (unpaired) electrons. The first-order valence-electron chi connectivity index (χ1n) is 9.15. The van der Waals surface area contributed by atoms with Crippen molar-refractivity contribution in [2.75, 3.05) is 32.8 Å². The Hall–Kier alpha value is -1.75. The van der Waals surface area contributed by atoms with E-state index in [2.05, 4.69) is 17.1 Å². The maximum Gasteiger partial charge on any atom is 0.224 e. The summed E-state index contributed by atoms with van der Waals surface area (Å²) in [5.41, 5.74) is 0.966. The third-order valence-electron chi connectivity index (χ3n) is 4.71. The molecule has 2 aliphatic heterocycles. The first-order valence-corrected chi connectivity index (χ1v) is 9.15. The first kappa shape index (κ1) is 17.1. The lowest BCUT2D eigenvalue weighted by molar-refractivity contribution is -0.121. The minimum absolute atomic E-state index is 0.0792. The Balaban J connectivity index is 1.54. The van der Waals surface area contributed by atoms with Crippen molar-refractivity contribution in [1.29, 1.82) is 0 Å². The Labute approximate surface area is 144 Å². The van der Waals surface area contributed by atoms with Crippen LogP contribution < -0.4 is 14.8 Å². The van der Waals surface area contributed by atoms with Crippen LogP contribution in [-0.4, -0.2) is 49.7 Å². The molecule has 0 aliphatic carbocycles. The van der Waals surface area contributed by atoms with Gasteiger partial charge in [0, 0.05) is 19.0 Å². The molecule has 24 heavy (non-hydrogen) atoms. The van der Waals surface area contributed by atoms with Gasteiger partial charge >= 0.3 is 0 Å². The lowest BCUT2D eigenvalue weighted by atomic mass is 10.1. The number of amides is 1. The number of fused-ring (bicyclic) bond motifs is 1. The fraction of sp³-hybridized carbons (Fsp3) is 0.632. The summed E-state index contributed by atoms with van der Waals surface area (Å²) in [6, 6.07) is 6.03. The molecule has 1 saturated heterocycles. The summed E-state index contributed by atoms with van der Waals surface area (Å²) in [7, 11) is 0. The van der Waals surface area contributed by atoms with Gasteiger partial charge in [-0.05, 0) is 50.0 Å². The molecule has 3 rings (SSSR count). The van der Waals surface area contributed by atoms with Crippen molar-refractivity contribution < 1.29 is 14.3 Å². The summed E-state index contributed by atoms with van der Waals surface area (Å²) < 4.78 is 11.3. The number of nitrogens with zero attached hydrogens (tertiary/aromatic N) is 1. The number of ether oxygens (including phenoxy) is 2. The van der Waals surface area contributed by atoms with Crippen LogP contribution in [0.1, 0.15) is 38.2 Å². The Morgan fingerprint density at radius 2 is 1.92 bits per heavy atom. The number of nitrogens with one attached hydrogen (secondary N) is 1. The number of benzene rings is 1. The zero-order chi connectivity index (χ0) is 16.8. The van der Waals surface area contributed by atoms with Crippen molar-refractivity contribution in [3.05, 3.63) is 23.8 Å². The van der Waals surface area contributed by atoms with Gasteiger partial charge in [0.1, 0.15) is 0 Å². The molecule has 1 aromatic carbocycles. The van der Waals surface area contributed by atoms with Gasteiger partial charge in [-0.25, -0.2) is 0 Å². The van der Waals surface area contributed by atoms with Gasteiger partial charge in [-0.2, -0.15) is 0 Å². The smallest absolute Gasteiger partial charge is 0.224 e. The third-order valence-corrected chi connectivity index (χ3v) is 4.71. The fourth-order valence-corrected chi connectivity index (χ4v) is 3.34. The molecular weight excluding hydrogens is 304 g/mol. The van der Waals surface area contributed by atoms with Crippen molar-refractivity contribution >= 4 is 5.91 Å². The van der Waals surface area contributed by atoms with Crippen molar-refractivity contribution in [1.82, 2.24) is 10.2 Å². The molecule has 0 saturated carbocycles. The van der Waals surface area contributed by atoms with Crippen LogP contribution in [0, 0.1) is 0 Å². The topological polar surface area (TPSA) is 50.8 Å². The van der Waals surface area contributed by atoms with E-state index >= 15 is 0 Å². The van der Waals surface area contributed by atoms with Crippen LogP contribution in [0.15, 0.2) is 18.2 Å². The van der Waals surface area contributed by atoms with Gasteiger partial charge in [-0.1, -0.05) is 13.0 Å². The Morgan fingerprint density at radius 3 is 2.67 bits per heavy atom. The SMILES string of the molecule is CCC(CN1CCCC1)NC(=O)Cc1ccc2c(c1)OCCCO2. The number of hydrogen-bond acceptors (Lipinski definition) is 4. The number of carbonyl (C=O) groups excluding carboxylic acids is 1. The molecule has 1 N–H and O–H groups in total. The highest BCUT2D eigenvalue weighted by atomic mass is 16.5. The van der Waals surface area contributed by atoms with Gasteiger partial charge in [-0.3, -0.25) is 4.79 Å². The molecule has 1 unspecified atom stereocenters. The molecule has 1 amide bonds. The largest absolute Gasteiger partial charge is 0.490 e. The minimum Gasteiger partial charge on any atom is -0.490 e. The second kappa shape index (κ2) is 8.38. The van der Waals surface area contributed by atoms with Crippen LogP contribution in [0.5, 0.6) is 11.5 Å². The lowest BCUT2D eigenvalue weighted by Gasteiger charge is -2.23. The molecule has 1 fully saturated rings. The zero-order valence-corrected chi connectivity index (χ0v) is 14.6. The van der Waals surface area contributed by atoms with E-state index in [1.165, 1.54) is 12.8 Å². The standard InChI is InChI=1S/C19H28N2O3/c1-2-16(14-21-8-3-4-9-21)20-19(22)13-15-6-7-17-18(12-15)24-11-5-10-23-17/h6-7,12,16H,2-5,8-11,13-14H2,1H3,(H,20,22). The lowest BCUT2D eigenvalue weighted by Crippen LogP contribution is -2.43. The highest BCUT2D eigenvalue weighted by Crippen LogP contribution is 2.30. The number of hydrogen-bond donors (Lipinski definition) is 1. The van der Waals surface area contributed by atoms with E-state index in [0.29, 0.717) is 19.6 Å². The van der Waals surface area contributed by atoms with Crippen LogP contribution in [0.25, 0.3) is 0 Å². The van der Waals surface area contributed by atoms with Crippen LogP contribution in [0.2, 0.25) is 0 Å². The van der Waals surface area contributed by atoms with Gasteiger partial charge < -0.3 is 19.7 Å². The Morgan fingerprint density at radius 1 is 1.17 bits per heavy atom.